The van der Waals surface area contributed by atoms with Crippen LogP contribution < -0.4 is 9.47 Å². The molecule has 0 spiro atoms. The lowest BCUT2D eigenvalue weighted by atomic mass is 10.1. The summed E-state index contributed by atoms with van der Waals surface area (Å²) in [5.41, 5.74) is 2.87. The standard InChI is InChI=1S/C21H26N2O3/c1-15-5-10-20-17(11-15)12-23(18(14-26-20)13-22(2)3)21(24)16-6-8-19(25-4)9-7-16/h5-11,18H,12-14H2,1-4H3/t18-/m0/s1. The van der Waals surface area contributed by atoms with Crippen LogP contribution >= 0.6 is 0 Å². The highest BCUT2D eigenvalue weighted by Gasteiger charge is 2.29. The Morgan fingerprint density at radius 2 is 1.96 bits per heavy atom. The highest BCUT2D eigenvalue weighted by atomic mass is 16.5. The highest BCUT2D eigenvalue weighted by molar-refractivity contribution is 5.94. The molecule has 1 aliphatic heterocycles. The van der Waals surface area contributed by atoms with Crippen LogP contribution in [0.1, 0.15) is 21.5 Å². The molecule has 0 aliphatic carbocycles. The van der Waals surface area contributed by atoms with E-state index < -0.39 is 0 Å². The number of amides is 1. The van der Waals surface area contributed by atoms with Crippen LogP contribution in [0.2, 0.25) is 0 Å². The Bertz CT molecular complexity index is 771. The maximum Gasteiger partial charge on any atom is 0.254 e. The molecule has 0 bridgehead atoms. The molecule has 2 aromatic carbocycles. The monoisotopic (exact) mass is 354 g/mol. The number of benzene rings is 2. The lowest BCUT2D eigenvalue weighted by Crippen LogP contribution is -2.47. The van der Waals surface area contributed by atoms with Gasteiger partial charge in [-0.1, -0.05) is 17.7 Å². The summed E-state index contributed by atoms with van der Waals surface area (Å²) in [6, 6.07) is 13.4. The van der Waals surface area contributed by atoms with Gasteiger partial charge in [0.2, 0.25) is 0 Å². The Hall–Kier alpha value is -2.53. The summed E-state index contributed by atoms with van der Waals surface area (Å²) in [4.78, 5) is 17.3. The molecule has 138 valence electrons. The summed E-state index contributed by atoms with van der Waals surface area (Å²) in [5.74, 6) is 1.62. The first-order valence-electron chi connectivity index (χ1n) is 8.80. The molecule has 0 N–H and O–H groups in total. The number of rotatable bonds is 4. The van der Waals surface area contributed by atoms with Crippen molar-refractivity contribution < 1.29 is 14.3 Å². The average Bonchev–Trinajstić information content (AvgIpc) is 2.80. The van der Waals surface area contributed by atoms with E-state index in [9.17, 15) is 4.79 Å². The van der Waals surface area contributed by atoms with Crippen LogP contribution in [0.25, 0.3) is 0 Å². The number of carbonyl (C=O) groups is 1. The number of methoxy groups -OCH3 is 1. The molecule has 1 heterocycles. The second-order valence-electron chi connectivity index (χ2n) is 7.00. The molecule has 26 heavy (non-hydrogen) atoms. The Labute approximate surface area is 155 Å². The van der Waals surface area contributed by atoms with Gasteiger partial charge in [-0.15, -0.1) is 0 Å². The third-order valence-electron chi connectivity index (χ3n) is 4.60. The minimum absolute atomic E-state index is 0.0115. The van der Waals surface area contributed by atoms with Crippen molar-refractivity contribution in [1.82, 2.24) is 9.80 Å². The molecule has 0 saturated carbocycles. The van der Waals surface area contributed by atoms with Crippen molar-refractivity contribution in [3.8, 4) is 11.5 Å². The Kier molecular flexibility index (Phi) is 5.47. The maximum atomic E-state index is 13.2. The van der Waals surface area contributed by atoms with Crippen LogP contribution in [0.5, 0.6) is 11.5 Å². The minimum atomic E-state index is -0.0210. The zero-order chi connectivity index (χ0) is 18.7. The molecule has 5 nitrogen and oxygen atoms in total. The van der Waals surface area contributed by atoms with Crippen molar-refractivity contribution in [2.24, 2.45) is 0 Å². The molecular formula is C21H26N2O3. The molecule has 1 atom stereocenters. The summed E-state index contributed by atoms with van der Waals surface area (Å²) >= 11 is 0. The molecule has 3 rings (SSSR count). The highest BCUT2D eigenvalue weighted by Crippen LogP contribution is 2.27. The molecule has 0 radical (unpaired) electrons. The predicted molar refractivity (Wildman–Crippen MR) is 102 cm³/mol. The van der Waals surface area contributed by atoms with Gasteiger partial charge in [-0.25, -0.2) is 0 Å². The van der Waals surface area contributed by atoms with Crippen molar-refractivity contribution in [2.75, 3.05) is 34.4 Å². The largest absolute Gasteiger partial charge is 0.497 e. The smallest absolute Gasteiger partial charge is 0.254 e. The van der Waals surface area contributed by atoms with Gasteiger partial charge >= 0.3 is 0 Å². The number of hydrogen-bond donors (Lipinski definition) is 0. The third-order valence-corrected chi connectivity index (χ3v) is 4.60. The van der Waals surface area contributed by atoms with E-state index >= 15 is 0 Å². The van der Waals surface area contributed by atoms with Crippen LogP contribution in [0.3, 0.4) is 0 Å². The van der Waals surface area contributed by atoms with Crippen molar-refractivity contribution in [3.05, 3.63) is 59.2 Å². The summed E-state index contributed by atoms with van der Waals surface area (Å²) in [7, 11) is 5.64. The van der Waals surface area contributed by atoms with Crippen LogP contribution in [0.15, 0.2) is 42.5 Å². The van der Waals surface area contributed by atoms with Crippen molar-refractivity contribution >= 4 is 5.91 Å². The topological polar surface area (TPSA) is 42.0 Å². The van der Waals surface area contributed by atoms with Crippen molar-refractivity contribution in [3.63, 3.8) is 0 Å². The van der Waals surface area contributed by atoms with Gasteiger partial charge in [-0.3, -0.25) is 4.79 Å². The molecule has 1 aliphatic rings. The van der Waals surface area contributed by atoms with Crippen LogP contribution in [-0.2, 0) is 6.54 Å². The number of likely N-dealkylation sites (N-methyl/N-ethyl adjacent to an activating group) is 1. The van der Waals surface area contributed by atoms with E-state index in [1.165, 1.54) is 0 Å². The average molecular weight is 354 g/mol. The summed E-state index contributed by atoms with van der Waals surface area (Å²) in [6.07, 6.45) is 0. The number of ether oxygens (including phenoxy) is 2. The van der Waals surface area contributed by atoms with Gasteiger partial charge in [-0.2, -0.15) is 0 Å². The van der Waals surface area contributed by atoms with Gasteiger partial charge in [0.05, 0.1) is 19.7 Å². The molecule has 0 fully saturated rings. The first kappa shape index (κ1) is 18.3. The van der Waals surface area contributed by atoms with E-state index in [-0.39, 0.29) is 11.9 Å². The van der Waals surface area contributed by atoms with Gasteiger partial charge in [0.25, 0.3) is 5.91 Å². The fraction of sp³-hybridized carbons (Fsp3) is 0.381. The fourth-order valence-corrected chi connectivity index (χ4v) is 3.27. The van der Waals surface area contributed by atoms with E-state index in [0.29, 0.717) is 18.7 Å². The molecule has 2 aromatic rings. The van der Waals surface area contributed by atoms with Crippen LogP contribution in [0, 0.1) is 6.92 Å². The molecule has 0 aromatic heterocycles. The molecule has 1 amide bonds. The van der Waals surface area contributed by atoms with E-state index in [1.807, 2.05) is 55.4 Å². The number of nitrogens with zero attached hydrogens (tertiary/aromatic N) is 2. The second kappa shape index (κ2) is 7.79. The Morgan fingerprint density at radius 3 is 2.62 bits per heavy atom. The molecular weight excluding hydrogens is 328 g/mol. The van der Waals surface area contributed by atoms with E-state index in [0.717, 1.165) is 29.2 Å². The third kappa shape index (κ3) is 3.99. The van der Waals surface area contributed by atoms with E-state index in [1.54, 1.807) is 7.11 Å². The van der Waals surface area contributed by atoms with Gasteiger partial charge in [-0.05, 0) is 51.4 Å². The predicted octanol–water partition coefficient (Wildman–Crippen LogP) is 2.97. The van der Waals surface area contributed by atoms with Gasteiger partial charge in [0, 0.05) is 17.7 Å². The SMILES string of the molecule is COc1ccc(C(=O)N2Cc3cc(C)ccc3OC[C@@H]2CN(C)C)cc1. The molecule has 0 unspecified atom stereocenters. The zero-order valence-electron chi connectivity index (χ0n) is 15.9. The summed E-state index contributed by atoms with van der Waals surface area (Å²) < 4.78 is 11.2. The maximum absolute atomic E-state index is 13.2. The van der Waals surface area contributed by atoms with Gasteiger partial charge in [0.15, 0.2) is 0 Å². The minimum Gasteiger partial charge on any atom is -0.497 e. The van der Waals surface area contributed by atoms with Crippen molar-refractivity contribution in [1.29, 1.82) is 0 Å². The van der Waals surface area contributed by atoms with E-state index in [2.05, 4.69) is 17.9 Å². The fourth-order valence-electron chi connectivity index (χ4n) is 3.27. The lowest BCUT2D eigenvalue weighted by Gasteiger charge is -2.31. The zero-order valence-corrected chi connectivity index (χ0v) is 15.9. The second-order valence-corrected chi connectivity index (χ2v) is 7.00. The van der Waals surface area contributed by atoms with Gasteiger partial charge in [0.1, 0.15) is 18.1 Å². The summed E-state index contributed by atoms with van der Waals surface area (Å²) in [6.45, 7) is 3.82. The first-order valence-corrected chi connectivity index (χ1v) is 8.80. The number of fused-ring (bicyclic) bond motifs is 1. The van der Waals surface area contributed by atoms with Gasteiger partial charge < -0.3 is 19.3 Å². The van der Waals surface area contributed by atoms with Crippen LogP contribution in [0.4, 0.5) is 0 Å². The number of carbonyl (C=O) groups excluding carboxylic acids is 1. The van der Waals surface area contributed by atoms with Crippen LogP contribution in [-0.4, -0.2) is 56.1 Å². The lowest BCUT2D eigenvalue weighted by molar-refractivity contribution is 0.0583. The first-order chi connectivity index (χ1) is 12.5. The number of aryl methyl sites for hydroxylation is 1. The Morgan fingerprint density at radius 1 is 1.23 bits per heavy atom. The Balaban J connectivity index is 1.93. The summed E-state index contributed by atoms with van der Waals surface area (Å²) in [5, 5.41) is 0. The molecule has 5 heteroatoms. The van der Waals surface area contributed by atoms with Crippen molar-refractivity contribution in [2.45, 2.75) is 19.5 Å². The quantitative estimate of drug-likeness (QED) is 0.847. The number of hydrogen-bond acceptors (Lipinski definition) is 4. The molecule has 0 saturated heterocycles. The normalized spacial score (nSPS) is 16.7. The van der Waals surface area contributed by atoms with E-state index in [4.69, 9.17) is 9.47 Å².